The molecular weight excluding hydrogens is 295 g/mol. The van der Waals surface area contributed by atoms with Crippen LogP contribution >= 0.6 is 27.5 Å². The molecule has 0 aromatic carbocycles. The maximum Gasteiger partial charge on any atom is 0.412 e. The minimum absolute atomic E-state index is 0.439. The van der Waals surface area contributed by atoms with Crippen molar-refractivity contribution in [2.75, 3.05) is 5.32 Å². The van der Waals surface area contributed by atoms with E-state index in [1.54, 1.807) is 26.8 Å². The van der Waals surface area contributed by atoms with Crippen LogP contribution in [0.5, 0.6) is 0 Å². The largest absolute Gasteiger partial charge is 0.444 e. The lowest BCUT2D eigenvalue weighted by Crippen LogP contribution is -2.27. The van der Waals surface area contributed by atoms with Crippen LogP contribution in [-0.2, 0) is 4.74 Å². The van der Waals surface area contributed by atoms with Crippen LogP contribution < -0.4 is 5.32 Å². The van der Waals surface area contributed by atoms with E-state index < -0.39 is 11.7 Å². The van der Waals surface area contributed by atoms with Gasteiger partial charge in [0.15, 0.2) is 0 Å². The fraction of sp³-hybridized carbons (Fsp3) is 0.400. The van der Waals surface area contributed by atoms with Gasteiger partial charge >= 0.3 is 6.09 Å². The Labute approximate surface area is 107 Å². The lowest BCUT2D eigenvalue weighted by atomic mass is 10.2. The maximum atomic E-state index is 11.5. The van der Waals surface area contributed by atoms with Crippen molar-refractivity contribution in [1.29, 1.82) is 0 Å². The van der Waals surface area contributed by atoms with Crippen molar-refractivity contribution in [3.63, 3.8) is 0 Å². The number of aromatic nitrogens is 1. The molecule has 88 valence electrons. The Kier molecular flexibility index (Phi) is 4.15. The first kappa shape index (κ1) is 13.3. The van der Waals surface area contributed by atoms with E-state index in [1.165, 1.54) is 6.20 Å². The topological polar surface area (TPSA) is 51.2 Å². The van der Waals surface area contributed by atoms with Gasteiger partial charge in [-0.3, -0.25) is 5.32 Å². The van der Waals surface area contributed by atoms with E-state index in [0.29, 0.717) is 15.3 Å². The summed E-state index contributed by atoms with van der Waals surface area (Å²) in [5.41, 5.74) is -0.0653. The first-order valence-electron chi connectivity index (χ1n) is 4.59. The van der Waals surface area contributed by atoms with Gasteiger partial charge in [0.25, 0.3) is 0 Å². The zero-order chi connectivity index (χ0) is 12.3. The van der Waals surface area contributed by atoms with Gasteiger partial charge in [0, 0.05) is 6.20 Å². The van der Waals surface area contributed by atoms with Crippen molar-refractivity contribution in [3.05, 3.63) is 21.9 Å². The highest BCUT2D eigenvalue weighted by Gasteiger charge is 2.17. The monoisotopic (exact) mass is 306 g/mol. The van der Waals surface area contributed by atoms with Crippen molar-refractivity contribution in [1.82, 2.24) is 4.98 Å². The Bertz CT molecular complexity index is 404. The fourth-order valence-electron chi connectivity index (χ4n) is 0.924. The summed E-state index contributed by atoms with van der Waals surface area (Å²) in [6, 6.07) is 1.59. The van der Waals surface area contributed by atoms with Gasteiger partial charge in [-0.05, 0) is 42.8 Å². The van der Waals surface area contributed by atoms with E-state index in [0.717, 1.165) is 0 Å². The number of halogens is 2. The number of ether oxygens (including phenoxy) is 1. The van der Waals surface area contributed by atoms with Gasteiger partial charge in [0.1, 0.15) is 10.2 Å². The van der Waals surface area contributed by atoms with Crippen LogP contribution in [0.4, 0.5) is 10.5 Å². The quantitative estimate of drug-likeness (QED) is 0.802. The van der Waals surface area contributed by atoms with Crippen LogP contribution in [0.1, 0.15) is 20.8 Å². The van der Waals surface area contributed by atoms with E-state index >= 15 is 0 Å². The number of pyridine rings is 1. The molecule has 0 atom stereocenters. The van der Waals surface area contributed by atoms with Crippen LogP contribution in [0.25, 0.3) is 0 Å². The molecule has 0 saturated carbocycles. The highest BCUT2D eigenvalue weighted by molar-refractivity contribution is 9.10. The molecule has 1 aromatic heterocycles. The average Bonchev–Trinajstić information content (AvgIpc) is 2.08. The number of anilines is 1. The molecule has 1 amide bonds. The lowest BCUT2D eigenvalue weighted by molar-refractivity contribution is 0.0636. The van der Waals surface area contributed by atoms with E-state index in [4.69, 9.17) is 16.3 Å². The molecule has 0 aliphatic heterocycles. The molecule has 0 radical (unpaired) electrons. The summed E-state index contributed by atoms with van der Waals surface area (Å²) in [6.45, 7) is 5.37. The molecule has 0 spiro atoms. The number of hydrogen-bond acceptors (Lipinski definition) is 3. The van der Waals surface area contributed by atoms with Crippen molar-refractivity contribution in [2.45, 2.75) is 26.4 Å². The Morgan fingerprint density at radius 1 is 1.56 bits per heavy atom. The summed E-state index contributed by atoms with van der Waals surface area (Å²) in [5, 5.41) is 2.99. The molecule has 1 rings (SSSR count). The van der Waals surface area contributed by atoms with Crippen molar-refractivity contribution < 1.29 is 9.53 Å². The zero-order valence-electron chi connectivity index (χ0n) is 9.17. The Morgan fingerprint density at radius 3 is 2.75 bits per heavy atom. The third-order valence-electron chi connectivity index (χ3n) is 1.44. The average molecular weight is 308 g/mol. The van der Waals surface area contributed by atoms with Crippen LogP contribution in [0.15, 0.2) is 16.9 Å². The molecule has 0 unspecified atom stereocenters. The first-order valence-corrected chi connectivity index (χ1v) is 5.76. The van der Waals surface area contributed by atoms with Crippen LogP contribution in [-0.4, -0.2) is 16.7 Å². The van der Waals surface area contributed by atoms with Gasteiger partial charge in [-0.15, -0.1) is 0 Å². The second-order valence-corrected chi connectivity index (χ2v) is 5.31. The number of carbonyl (C=O) groups is 1. The molecule has 0 saturated heterocycles. The van der Waals surface area contributed by atoms with Crippen molar-refractivity contribution in [3.8, 4) is 0 Å². The molecule has 0 aliphatic rings. The SMILES string of the molecule is CC(C)(C)OC(=O)Nc1cc(Cl)cnc1Br. The predicted molar refractivity (Wildman–Crippen MR) is 66.8 cm³/mol. The normalized spacial score (nSPS) is 11.1. The molecular formula is C10H12BrClN2O2. The second-order valence-electron chi connectivity index (χ2n) is 4.12. The zero-order valence-corrected chi connectivity index (χ0v) is 11.5. The highest BCUT2D eigenvalue weighted by Crippen LogP contribution is 2.23. The standard InChI is InChI=1S/C10H12BrClN2O2/c1-10(2,3)16-9(15)14-7-4-6(12)5-13-8(7)11/h4-5H,1-3H3,(H,14,15). The van der Waals surface area contributed by atoms with Gasteiger partial charge in [0.2, 0.25) is 0 Å². The molecule has 1 aromatic rings. The molecule has 0 fully saturated rings. The summed E-state index contributed by atoms with van der Waals surface area (Å²) in [6.07, 6.45) is 0.934. The van der Waals surface area contributed by atoms with Crippen LogP contribution in [0.2, 0.25) is 5.02 Å². The Morgan fingerprint density at radius 2 is 2.19 bits per heavy atom. The number of hydrogen-bond donors (Lipinski definition) is 1. The molecule has 0 aliphatic carbocycles. The van der Waals surface area contributed by atoms with Crippen LogP contribution in [0.3, 0.4) is 0 Å². The maximum absolute atomic E-state index is 11.5. The minimum atomic E-state index is -0.544. The minimum Gasteiger partial charge on any atom is -0.444 e. The number of nitrogens with zero attached hydrogens (tertiary/aromatic N) is 1. The smallest absolute Gasteiger partial charge is 0.412 e. The highest BCUT2D eigenvalue weighted by atomic mass is 79.9. The van der Waals surface area contributed by atoms with Crippen LogP contribution in [0, 0.1) is 0 Å². The van der Waals surface area contributed by atoms with E-state index in [-0.39, 0.29) is 0 Å². The fourth-order valence-corrected chi connectivity index (χ4v) is 1.40. The number of amides is 1. The summed E-state index contributed by atoms with van der Waals surface area (Å²) in [5.74, 6) is 0. The molecule has 4 nitrogen and oxygen atoms in total. The van der Waals surface area contributed by atoms with Crippen molar-refractivity contribution >= 4 is 39.3 Å². The van der Waals surface area contributed by atoms with E-state index in [2.05, 4.69) is 26.2 Å². The van der Waals surface area contributed by atoms with E-state index in [9.17, 15) is 4.79 Å². The second kappa shape index (κ2) is 5.01. The van der Waals surface area contributed by atoms with Gasteiger partial charge < -0.3 is 4.74 Å². The predicted octanol–water partition coefficient (Wildman–Crippen LogP) is 3.84. The lowest BCUT2D eigenvalue weighted by Gasteiger charge is -2.19. The van der Waals surface area contributed by atoms with Gasteiger partial charge in [0.05, 0.1) is 10.7 Å². The summed E-state index contributed by atoms with van der Waals surface area (Å²) in [7, 11) is 0. The summed E-state index contributed by atoms with van der Waals surface area (Å²) in [4.78, 5) is 15.4. The summed E-state index contributed by atoms with van der Waals surface area (Å²) < 4.78 is 5.60. The Balaban J connectivity index is 2.73. The number of nitrogens with one attached hydrogen (secondary N) is 1. The molecule has 1 heterocycles. The molecule has 0 bridgehead atoms. The van der Waals surface area contributed by atoms with E-state index in [1.807, 2.05) is 0 Å². The molecule has 6 heteroatoms. The third-order valence-corrected chi connectivity index (χ3v) is 2.28. The third kappa shape index (κ3) is 4.37. The first-order chi connectivity index (χ1) is 7.28. The van der Waals surface area contributed by atoms with Crippen molar-refractivity contribution in [2.24, 2.45) is 0 Å². The Hall–Kier alpha value is -0.810. The molecule has 16 heavy (non-hydrogen) atoms. The van der Waals surface area contributed by atoms with Gasteiger partial charge in [-0.1, -0.05) is 11.6 Å². The molecule has 1 N–H and O–H groups in total. The summed E-state index contributed by atoms with van der Waals surface area (Å²) >= 11 is 8.96. The van der Waals surface area contributed by atoms with Gasteiger partial charge in [-0.2, -0.15) is 0 Å². The number of rotatable bonds is 1. The number of carbonyl (C=O) groups excluding carboxylic acids is 1. The van der Waals surface area contributed by atoms with Gasteiger partial charge in [-0.25, -0.2) is 9.78 Å².